The summed E-state index contributed by atoms with van der Waals surface area (Å²) < 4.78 is 4.95. The van der Waals surface area contributed by atoms with Crippen LogP contribution in [0.1, 0.15) is 22.3 Å². The molecule has 20 aromatic carbocycles. The van der Waals surface area contributed by atoms with Gasteiger partial charge >= 0.3 is 31.9 Å². The molecule has 3 nitrogen and oxygen atoms in total. The van der Waals surface area contributed by atoms with Crippen LogP contribution in [0.15, 0.2) is 517 Å². The van der Waals surface area contributed by atoms with E-state index in [9.17, 15) is 0 Å². The number of nitrogens with zero attached hydrogens (tertiary/aromatic N) is 1. The standard InChI is InChI=1S/4C18H15P.C15H10BrCl.C15H11Cl.C14H8Br.CH4BClO2.BHNS.Pd/c4*1-4-10-16(11-5-1)19(17-12-6-2-7-13-17)18-14-8-3-9-15-18;16-15-13-8-4-3-6-11(13)10-5-1-2-7-12(10)14(15)9-17;16-10-12-9-11-5-1-2-6-13(11)15-8-4-3-7-14(12)15;15-14-9-10-5-1-2-6-11(10)12-7-3-4-8-13(12)14;3-1-2(4)5;1-2-3;/h4*1-15H;1-8H,9H2;1-9H,10H2;2-9H;4-5H,1H2;3H;/q;;;;;;+1;;;. The quantitative estimate of drug-likeness (QED) is 0.0239. The van der Waals surface area contributed by atoms with Gasteiger partial charge in [0.1, 0.15) is 17.7 Å². The first-order chi connectivity index (χ1) is 65.1. The minimum absolute atomic E-state index is 0. The first-order valence-electron chi connectivity index (χ1n) is 42.9. The maximum Gasteiger partial charge on any atom is 0 e. The van der Waals surface area contributed by atoms with Gasteiger partial charge in [0.15, 0.2) is 0 Å². The van der Waals surface area contributed by atoms with Crippen LogP contribution in [0.3, 0.4) is 0 Å². The molecule has 0 amide bonds. The Balaban J connectivity index is 0.000000138. The van der Waals surface area contributed by atoms with Crippen LogP contribution in [0.25, 0.3) is 66.0 Å². The fourth-order valence-electron chi connectivity index (χ4n) is 15.2. The third kappa shape index (κ3) is 28.8. The number of hydrogen-bond acceptors (Lipinski definition) is 4. The van der Waals surface area contributed by atoms with Gasteiger partial charge in [-0.3, -0.25) is 0 Å². The molecule has 655 valence electrons. The van der Waals surface area contributed by atoms with E-state index in [1.807, 2.05) is 12.2 Å². The van der Waals surface area contributed by atoms with Crippen molar-refractivity contribution in [3.8, 4) is 0 Å². The number of halogens is 5. The predicted molar refractivity (Wildman–Crippen MR) is 597 cm³/mol. The first-order valence-corrected chi connectivity index (χ1v) is 51.9. The zero-order valence-electron chi connectivity index (χ0n) is 72.6. The molecule has 0 aliphatic heterocycles. The Kier molecular flexibility index (Phi) is 42.2. The minimum atomic E-state index is -1.35. The molecular formula is C117H94B2Br2Cl3NO2P4PdS+. The van der Waals surface area contributed by atoms with Gasteiger partial charge in [-0.05, 0) is 187 Å². The molecule has 0 fully saturated rings. The zero-order valence-corrected chi connectivity index (χ0v) is 84.1. The van der Waals surface area contributed by atoms with Crippen molar-refractivity contribution >= 4 is 256 Å². The van der Waals surface area contributed by atoms with Crippen molar-refractivity contribution in [1.29, 1.82) is 0 Å². The summed E-state index contributed by atoms with van der Waals surface area (Å²) in [7, 11) is 1.20. The number of fused-ring (bicyclic) bond motifs is 9. The summed E-state index contributed by atoms with van der Waals surface area (Å²) in [6, 6.07) is 176. The van der Waals surface area contributed by atoms with E-state index < -0.39 is 38.8 Å². The Labute approximate surface area is 840 Å². The van der Waals surface area contributed by atoms with Gasteiger partial charge in [-0.2, -0.15) is 0 Å². The molecular weight excluding hydrogens is 2000 g/mol. The summed E-state index contributed by atoms with van der Waals surface area (Å²) in [6.45, 7) is 0. The van der Waals surface area contributed by atoms with Gasteiger partial charge in [-0.1, -0.05) is 485 Å². The van der Waals surface area contributed by atoms with Gasteiger partial charge in [0.05, 0.1) is 17.4 Å². The van der Waals surface area contributed by atoms with Crippen molar-refractivity contribution in [2.75, 3.05) is 5.78 Å². The van der Waals surface area contributed by atoms with Gasteiger partial charge in [0.25, 0.3) is 0 Å². The average Bonchev–Trinajstić information content (AvgIpc) is 0.760. The van der Waals surface area contributed by atoms with Crippen LogP contribution in [-0.2, 0) is 32.2 Å². The van der Waals surface area contributed by atoms with Crippen molar-refractivity contribution in [2.45, 2.75) is 11.8 Å². The number of thiol groups is 1. The summed E-state index contributed by atoms with van der Waals surface area (Å²) in [6.07, 6.45) is 9.20. The Morgan fingerprint density at radius 1 is 0.293 bits per heavy atom. The summed E-state index contributed by atoms with van der Waals surface area (Å²) in [5.74, 6) is 0.970. The SMILES string of the molecule is Brc1cc2c(c3ccccc13)C=C[C+]=C2.ClCc1c(Br)c2ccccc2c2ccccc12.ClCc1cc2ccccc2c2ccccc12.OB(O)CCl.[B]=NS.[Pd].c1ccc(P(c2ccccc2)c2ccccc2)cc1.c1ccc(P(c2ccccc2)c2ccccc2)cc1.c1ccc(P(c2ccccc2)c2ccccc2)cc1.c1ccc(P(c2ccccc2)c2ccccc2)cc1. The van der Waals surface area contributed by atoms with E-state index in [4.69, 9.17) is 44.9 Å². The Morgan fingerprint density at radius 3 is 0.797 bits per heavy atom. The molecule has 0 bridgehead atoms. The monoisotopic (exact) mass is 2090 g/mol. The predicted octanol–water partition coefficient (Wildman–Crippen LogP) is 27.9. The van der Waals surface area contributed by atoms with E-state index >= 15 is 0 Å². The van der Waals surface area contributed by atoms with Crippen LogP contribution in [0.4, 0.5) is 0 Å². The fourth-order valence-corrected chi connectivity index (χ4v) is 26.4. The molecule has 20 aromatic rings. The largest absolute Gasteiger partial charge is 0.0622 e. The number of hydrogen-bond donors (Lipinski definition) is 3. The molecule has 0 aromatic heterocycles. The molecule has 133 heavy (non-hydrogen) atoms. The maximum atomic E-state index is 7.78. The van der Waals surface area contributed by atoms with E-state index in [2.05, 4.69) is 566 Å². The second-order valence-electron chi connectivity index (χ2n) is 29.6. The number of benzene rings is 20. The average molecular weight is 2100 g/mol. The smallest absolute Gasteiger partial charge is 0 e. The molecule has 1 radical (unpaired) electrons. The summed E-state index contributed by atoms with van der Waals surface area (Å²) in [4.78, 5) is 0. The zero-order chi connectivity index (χ0) is 91.7. The maximum absolute atomic E-state index is 7.78. The number of allylic oxidation sites excluding steroid dienone is 2. The van der Waals surface area contributed by atoms with Gasteiger partial charge in [0, 0.05) is 64.0 Å². The van der Waals surface area contributed by atoms with E-state index in [0.717, 1.165) is 8.95 Å². The molecule has 0 saturated heterocycles. The molecule has 0 saturated carbocycles. The Bertz CT molecular complexity index is 6100. The van der Waals surface area contributed by atoms with Crippen LogP contribution >= 0.6 is 111 Å². The van der Waals surface area contributed by atoms with Crippen LogP contribution in [0.2, 0.25) is 0 Å². The number of rotatable bonds is 15. The van der Waals surface area contributed by atoms with E-state index in [0.29, 0.717) is 11.8 Å². The fraction of sp³-hybridized carbons (Fsp3) is 0.0256. The summed E-state index contributed by atoms with van der Waals surface area (Å²) in [5, 5.41) is 45.0. The molecule has 2 N–H and O–H groups in total. The minimum Gasteiger partial charge on any atom is -0.0622 e. The van der Waals surface area contributed by atoms with Gasteiger partial charge in [0.2, 0.25) is 0 Å². The van der Waals surface area contributed by atoms with Crippen molar-refractivity contribution < 1.29 is 30.5 Å². The second-order valence-corrected chi connectivity index (χ2v) is 41.2. The molecule has 21 rings (SSSR count). The first kappa shape index (κ1) is 101. The number of alkyl halides is 3. The third-order valence-corrected chi connectivity index (χ3v) is 33.2. The molecule has 0 atom stereocenters. The van der Waals surface area contributed by atoms with Crippen LogP contribution in [0.5, 0.6) is 0 Å². The molecule has 1 aliphatic carbocycles. The molecule has 0 spiro atoms. The van der Waals surface area contributed by atoms with Crippen LogP contribution < -0.4 is 63.7 Å². The molecule has 0 heterocycles. The van der Waals surface area contributed by atoms with Crippen molar-refractivity contribution in [3.05, 3.63) is 541 Å². The van der Waals surface area contributed by atoms with Gasteiger partial charge in [-0.15, -0.1) is 34.8 Å². The molecule has 1 aliphatic rings. The normalized spacial score (nSPS) is 10.6. The molecule has 16 heteroatoms. The topological polar surface area (TPSA) is 52.8 Å². The van der Waals surface area contributed by atoms with Crippen LogP contribution in [-0.4, -0.2) is 30.6 Å². The molecule has 0 unspecified atom stereocenters. The van der Waals surface area contributed by atoms with Crippen molar-refractivity contribution in [1.82, 2.24) is 0 Å². The third-order valence-electron chi connectivity index (χ3n) is 21.1. The Morgan fingerprint density at radius 2 is 0.519 bits per heavy atom. The second kappa shape index (κ2) is 55.4. The van der Waals surface area contributed by atoms with Crippen molar-refractivity contribution in [2.24, 2.45) is 4.30 Å². The van der Waals surface area contributed by atoms with E-state index in [1.54, 1.807) is 0 Å². The van der Waals surface area contributed by atoms with Gasteiger partial charge < -0.3 is 10.0 Å². The van der Waals surface area contributed by atoms with Crippen molar-refractivity contribution in [3.63, 3.8) is 0 Å². The Hall–Kier alpha value is -10.5. The van der Waals surface area contributed by atoms with Gasteiger partial charge in [-0.25, -0.2) is 0 Å². The van der Waals surface area contributed by atoms with E-state index in [-0.39, 0.29) is 26.2 Å². The summed E-state index contributed by atoms with van der Waals surface area (Å²) >= 11 is 27.4. The van der Waals surface area contributed by atoms with Crippen LogP contribution in [0, 0.1) is 6.08 Å². The van der Waals surface area contributed by atoms with E-state index in [1.165, 1.54) is 140 Å². The summed E-state index contributed by atoms with van der Waals surface area (Å²) in [5.41, 5.74) is 4.88.